The van der Waals surface area contributed by atoms with Crippen molar-refractivity contribution in [1.29, 1.82) is 10.5 Å². The average molecular weight is 494 g/mol. The normalized spacial score (nSPS) is 20.4. The van der Waals surface area contributed by atoms with Crippen LogP contribution in [0, 0.1) is 35.6 Å². The smallest absolute Gasteiger partial charge is 0.201 e. The minimum atomic E-state index is -0.338. The summed E-state index contributed by atoms with van der Waals surface area (Å²) in [5.74, 6) is 1.11. The van der Waals surface area contributed by atoms with Crippen molar-refractivity contribution in [3.8, 4) is 29.4 Å². The molecule has 0 spiro atoms. The van der Waals surface area contributed by atoms with Crippen molar-refractivity contribution in [3.05, 3.63) is 59.8 Å². The minimum Gasteiger partial charge on any atom is -0.469 e. The van der Waals surface area contributed by atoms with E-state index < -0.39 is 0 Å². The number of rotatable bonds is 6. The Kier molecular flexibility index (Phi) is 5.72. The lowest BCUT2D eigenvalue weighted by Crippen LogP contribution is -2.41. The number of imidazole rings is 1. The zero-order valence-corrected chi connectivity index (χ0v) is 20.8. The fraction of sp³-hybridized carbons (Fsp3) is 0.407. The van der Waals surface area contributed by atoms with Crippen molar-refractivity contribution in [1.82, 2.24) is 34.3 Å². The van der Waals surface area contributed by atoms with Gasteiger partial charge in [0.2, 0.25) is 5.88 Å². The lowest BCUT2D eigenvalue weighted by atomic mass is 9.94. The number of piperidine rings is 1. The molecule has 2 fully saturated rings. The Morgan fingerprint density at radius 1 is 1.14 bits per heavy atom. The third-order valence-electron chi connectivity index (χ3n) is 7.55. The summed E-state index contributed by atoms with van der Waals surface area (Å²) >= 11 is 0. The van der Waals surface area contributed by atoms with Gasteiger partial charge in [-0.2, -0.15) is 10.5 Å². The molecule has 0 unspecified atom stereocenters. The van der Waals surface area contributed by atoms with Crippen LogP contribution in [0.1, 0.15) is 61.8 Å². The van der Waals surface area contributed by atoms with Crippen LogP contribution < -0.4 is 4.74 Å². The molecule has 5 heterocycles. The summed E-state index contributed by atoms with van der Waals surface area (Å²) in [5, 5.41) is 28.3. The second kappa shape index (κ2) is 9.21. The Labute approximate surface area is 214 Å². The molecule has 1 saturated carbocycles. The molecule has 10 nitrogen and oxygen atoms in total. The maximum Gasteiger partial charge on any atom is 0.201 e. The number of pyridine rings is 2. The predicted octanol–water partition coefficient (Wildman–Crippen LogP) is 4.20. The molecular weight excluding hydrogens is 466 g/mol. The number of nitrogens with zero attached hydrogens (tertiary/aromatic N) is 9. The van der Waals surface area contributed by atoms with E-state index in [-0.39, 0.29) is 18.2 Å². The third-order valence-corrected chi connectivity index (χ3v) is 7.55. The fourth-order valence-corrected chi connectivity index (χ4v) is 5.44. The predicted molar refractivity (Wildman–Crippen MR) is 134 cm³/mol. The van der Waals surface area contributed by atoms with E-state index in [0.29, 0.717) is 23.1 Å². The van der Waals surface area contributed by atoms with Gasteiger partial charge in [-0.15, -0.1) is 5.10 Å². The summed E-state index contributed by atoms with van der Waals surface area (Å²) in [6.45, 7) is 4.71. The van der Waals surface area contributed by atoms with Crippen LogP contribution in [0.15, 0.2) is 42.7 Å². The van der Waals surface area contributed by atoms with Gasteiger partial charge in [-0.25, -0.2) is 9.67 Å². The lowest BCUT2D eigenvalue weighted by molar-refractivity contribution is 0.149. The Morgan fingerprint density at radius 2 is 2.00 bits per heavy atom. The SMILES string of the molecule is Cc1c(-c2cc(O[C@H](C)c3ccccn3)n3c(C#N)cnc3c2)nnn1[C@@H]1CCN(C#N)[C@H](C2CC2)C1. The summed E-state index contributed by atoms with van der Waals surface area (Å²) in [5.41, 5.74) is 4.32. The molecule has 0 aromatic carbocycles. The molecule has 4 aromatic rings. The van der Waals surface area contributed by atoms with E-state index in [0.717, 1.165) is 42.0 Å². The quantitative estimate of drug-likeness (QED) is 0.366. The van der Waals surface area contributed by atoms with Crippen molar-refractivity contribution in [2.45, 2.75) is 57.7 Å². The summed E-state index contributed by atoms with van der Waals surface area (Å²) < 4.78 is 10.1. The largest absolute Gasteiger partial charge is 0.469 e. The Hall–Kier alpha value is -4.44. The summed E-state index contributed by atoms with van der Waals surface area (Å²) in [6, 6.07) is 12.2. The fourth-order valence-electron chi connectivity index (χ4n) is 5.44. The van der Waals surface area contributed by atoms with E-state index in [1.165, 1.54) is 12.8 Å². The number of likely N-dealkylation sites (tertiary alicyclic amines) is 1. The molecule has 0 N–H and O–H groups in total. The number of ether oxygens (including phenoxy) is 1. The second-order valence-electron chi connectivity index (χ2n) is 9.89. The average Bonchev–Trinajstić information content (AvgIpc) is 3.58. The molecule has 1 aliphatic heterocycles. The molecular formula is C27H27N9O. The summed E-state index contributed by atoms with van der Waals surface area (Å²) in [7, 11) is 0. The van der Waals surface area contributed by atoms with Crippen molar-refractivity contribution >= 4 is 5.65 Å². The van der Waals surface area contributed by atoms with Gasteiger partial charge in [0.15, 0.2) is 6.19 Å². The van der Waals surface area contributed by atoms with Crippen LogP contribution in [0.5, 0.6) is 5.88 Å². The van der Waals surface area contributed by atoms with Crippen LogP contribution in [-0.4, -0.2) is 46.8 Å². The van der Waals surface area contributed by atoms with Gasteiger partial charge in [-0.3, -0.25) is 9.38 Å². The van der Waals surface area contributed by atoms with Crippen LogP contribution >= 0.6 is 0 Å². The molecule has 0 radical (unpaired) electrons. The first-order chi connectivity index (χ1) is 18.1. The van der Waals surface area contributed by atoms with Crippen molar-refractivity contribution in [3.63, 3.8) is 0 Å². The van der Waals surface area contributed by atoms with Gasteiger partial charge in [-0.1, -0.05) is 11.3 Å². The molecule has 10 heteroatoms. The zero-order valence-electron chi connectivity index (χ0n) is 20.8. The van der Waals surface area contributed by atoms with E-state index in [1.54, 1.807) is 16.8 Å². The molecule has 186 valence electrons. The number of hydrogen-bond donors (Lipinski definition) is 0. The van der Waals surface area contributed by atoms with Crippen LogP contribution in [0.3, 0.4) is 0 Å². The Morgan fingerprint density at radius 3 is 2.73 bits per heavy atom. The van der Waals surface area contributed by atoms with Gasteiger partial charge in [0.25, 0.3) is 0 Å². The van der Waals surface area contributed by atoms with E-state index >= 15 is 0 Å². The standard InChI is InChI=1S/C27H27N9O/c1-17-27(32-33-36(17)21-8-10-34(16-29)24(13-21)19-6-7-19)20-11-25-31-15-22(14-28)35(25)26(12-20)37-18(2)23-5-3-4-9-30-23/h3-5,9,11-12,15,18-19,21,24H,6-8,10,13H2,1-2H3/t18-,21-,24+/m1/s1. The first kappa shape index (κ1) is 23.0. The molecule has 2 aliphatic rings. The molecule has 4 aromatic heterocycles. The van der Waals surface area contributed by atoms with E-state index in [1.807, 2.05) is 53.8 Å². The Bertz CT molecular complexity index is 1520. The van der Waals surface area contributed by atoms with E-state index in [4.69, 9.17) is 4.74 Å². The van der Waals surface area contributed by atoms with Crippen LogP contribution in [0.25, 0.3) is 16.9 Å². The maximum atomic E-state index is 9.65. The first-order valence-corrected chi connectivity index (χ1v) is 12.6. The molecule has 1 saturated heterocycles. The maximum absolute atomic E-state index is 9.65. The summed E-state index contributed by atoms with van der Waals surface area (Å²) in [4.78, 5) is 10.8. The van der Waals surface area contributed by atoms with Crippen LogP contribution in [0.4, 0.5) is 0 Å². The highest BCUT2D eigenvalue weighted by Gasteiger charge is 2.40. The van der Waals surface area contributed by atoms with Gasteiger partial charge < -0.3 is 9.64 Å². The van der Waals surface area contributed by atoms with Gasteiger partial charge >= 0.3 is 0 Å². The topological polar surface area (TPSA) is 121 Å². The van der Waals surface area contributed by atoms with Gasteiger partial charge in [0.05, 0.1) is 23.6 Å². The molecule has 6 rings (SSSR count). The monoisotopic (exact) mass is 493 g/mol. The minimum absolute atomic E-state index is 0.205. The van der Waals surface area contributed by atoms with Gasteiger partial charge in [-0.05, 0) is 63.6 Å². The highest BCUT2D eigenvalue weighted by Crippen LogP contribution is 2.42. The zero-order chi connectivity index (χ0) is 25.5. The van der Waals surface area contributed by atoms with Crippen molar-refractivity contribution in [2.24, 2.45) is 5.92 Å². The third kappa shape index (κ3) is 4.15. The second-order valence-corrected chi connectivity index (χ2v) is 9.89. The Balaban J connectivity index is 1.35. The van der Waals surface area contributed by atoms with Crippen LogP contribution in [0.2, 0.25) is 0 Å². The molecule has 0 amide bonds. The van der Waals surface area contributed by atoms with E-state index in [9.17, 15) is 10.5 Å². The molecule has 1 aliphatic carbocycles. The number of hydrogen-bond acceptors (Lipinski definition) is 8. The van der Waals surface area contributed by atoms with Crippen molar-refractivity contribution in [2.75, 3.05) is 6.54 Å². The van der Waals surface area contributed by atoms with Gasteiger partial charge in [0.1, 0.15) is 29.2 Å². The lowest BCUT2D eigenvalue weighted by Gasteiger charge is -2.36. The van der Waals surface area contributed by atoms with E-state index in [2.05, 4.69) is 32.5 Å². The number of fused-ring (bicyclic) bond motifs is 1. The molecule has 37 heavy (non-hydrogen) atoms. The van der Waals surface area contributed by atoms with Gasteiger partial charge in [0, 0.05) is 30.4 Å². The number of aromatic nitrogens is 6. The first-order valence-electron chi connectivity index (χ1n) is 12.6. The van der Waals surface area contributed by atoms with Crippen molar-refractivity contribution < 1.29 is 4.74 Å². The highest BCUT2D eigenvalue weighted by molar-refractivity contribution is 5.68. The summed E-state index contributed by atoms with van der Waals surface area (Å²) in [6.07, 6.45) is 9.49. The highest BCUT2D eigenvalue weighted by atomic mass is 16.5. The number of nitriles is 2. The molecule has 3 atom stereocenters. The van der Waals surface area contributed by atoms with Crippen LogP contribution in [-0.2, 0) is 0 Å². The molecule has 0 bridgehead atoms.